The van der Waals surface area contributed by atoms with Gasteiger partial charge >= 0.3 is 0 Å². The van der Waals surface area contributed by atoms with Crippen LogP contribution >= 0.6 is 11.8 Å². The van der Waals surface area contributed by atoms with Crippen LogP contribution in [0.4, 0.5) is 5.82 Å². The van der Waals surface area contributed by atoms with Crippen LogP contribution in [0.15, 0.2) is 0 Å². The van der Waals surface area contributed by atoms with Gasteiger partial charge in [0.25, 0.3) is 0 Å². The number of likely N-dealkylation sites (N-methyl/N-ethyl adjacent to an activating group) is 1. The molecule has 1 atom stereocenters. The number of nitrogens with one attached hydrogen (secondary N) is 1. The normalized spacial score (nSPS) is 23.4. The number of rotatable bonds is 3. The van der Waals surface area contributed by atoms with Crippen molar-refractivity contribution in [2.24, 2.45) is 0 Å². The van der Waals surface area contributed by atoms with E-state index >= 15 is 0 Å². The van der Waals surface area contributed by atoms with E-state index in [4.69, 9.17) is 14.7 Å². The van der Waals surface area contributed by atoms with Crippen molar-refractivity contribution in [3.8, 4) is 0 Å². The van der Waals surface area contributed by atoms with Crippen molar-refractivity contribution >= 4 is 17.6 Å². The molecule has 0 amide bonds. The van der Waals surface area contributed by atoms with Gasteiger partial charge in [-0.3, -0.25) is 0 Å². The van der Waals surface area contributed by atoms with Crippen LogP contribution in [0.25, 0.3) is 0 Å². The zero-order chi connectivity index (χ0) is 13.2. The molecule has 6 heteroatoms. The molecule has 1 aromatic rings. The maximum Gasteiger partial charge on any atom is 0.161 e. The fourth-order valence-electron chi connectivity index (χ4n) is 2.46. The summed E-state index contributed by atoms with van der Waals surface area (Å²) in [5.74, 6) is 3.85. The average molecular weight is 280 g/mol. The third-order valence-electron chi connectivity index (χ3n) is 3.50. The quantitative estimate of drug-likeness (QED) is 0.909. The lowest BCUT2D eigenvalue weighted by atomic mass is 10.2. The highest BCUT2D eigenvalue weighted by Crippen LogP contribution is 2.34. The Morgan fingerprint density at radius 1 is 1.42 bits per heavy atom. The lowest BCUT2D eigenvalue weighted by Gasteiger charge is -2.29. The number of thioether (sulfide) groups is 1. The predicted molar refractivity (Wildman–Crippen MR) is 77.4 cm³/mol. The third-order valence-corrected chi connectivity index (χ3v) is 4.47. The Hall–Kier alpha value is -0.850. The van der Waals surface area contributed by atoms with E-state index in [1.165, 1.54) is 11.3 Å². The van der Waals surface area contributed by atoms with E-state index in [9.17, 15) is 0 Å². The summed E-state index contributed by atoms with van der Waals surface area (Å²) in [5, 5.41) is 3.36. The van der Waals surface area contributed by atoms with Crippen LogP contribution in [0.3, 0.4) is 0 Å². The Bertz CT molecular complexity index is 468. The second kappa shape index (κ2) is 5.64. The minimum atomic E-state index is 0.00653. The molecular formula is C13H20N4OS. The molecule has 104 valence electrons. The number of aromatic nitrogens is 2. The molecule has 1 unspecified atom stereocenters. The van der Waals surface area contributed by atoms with Crippen molar-refractivity contribution in [1.82, 2.24) is 14.9 Å². The number of nitrogens with zero attached hydrogens (tertiary/aromatic N) is 3. The van der Waals surface area contributed by atoms with Gasteiger partial charge in [0.1, 0.15) is 11.9 Å². The zero-order valence-corrected chi connectivity index (χ0v) is 12.3. The number of fused-ring (bicyclic) bond motifs is 1. The second-order valence-electron chi connectivity index (χ2n) is 5.00. The maximum absolute atomic E-state index is 5.83. The molecule has 0 spiro atoms. The van der Waals surface area contributed by atoms with Crippen LogP contribution in [0.1, 0.15) is 30.1 Å². The first-order valence-corrected chi connectivity index (χ1v) is 7.95. The number of hydrogen-bond acceptors (Lipinski definition) is 6. The van der Waals surface area contributed by atoms with Crippen LogP contribution in [0, 0.1) is 0 Å². The van der Waals surface area contributed by atoms with Crippen LogP contribution < -0.4 is 5.32 Å². The first-order chi connectivity index (χ1) is 9.28. The summed E-state index contributed by atoms with van der Waals surface area (Å²) < 4.78 is 5.83. The second-order valence-corrected chi connectivity index (χ2v) is 5.99. The van der Waals surface area contributed by atoms with Gasteiger partial charge in [0.15, 0.2) is 5.82 Å². The van der Waals surface area contributed by atoms with E-state index in [1.54, 1.807) is 0 Å². The molecule has 0 radical (unpaired) electrons. The first-order valence-electron chi connectivity index (χ1n) is 6.79. The number of hydrogen-bond donors (Lipinski definition) is 1. The lowest BCUT2D eigenvalue weighted by molar-refractivity contribution is -0.0255. The highest BCUT2D eigenvalue weighted by molar-refractivity contribution is 7.98. The maximum atomic E-state index is 5.83. The minimum Gasteiger partial charge on any atom is -0.370 e. The fourth-order valence-corrected chi connectivity index (χ4v) is 3.50. The summed E-state index contributed by atoms with van der Waals surface area (Å²) in [5.41, 5.74) is 2.46. The molecule has 0 aliphatic carbocycles. The molecule has 1 saturated heterocycles. The van der Waals surface area contributed by atoms with Crippen LogP contribution in [-0.4, -0.2) is 48.2 Å². The number of morpholine rings is 1. The largest absolute Gasteiger partial charge is 0.370 e. The van der Waals surface area contributed by atoms with Crippen LogP contribution in [0.2, 0.25) is 0 Å². The van der Waals surface area contributed by atoms with Crippen molar-refractivity contribution in [2.45, 2.75) is 24.5 Å². The molecule has 0 aromatic carbocycles. The highest BCUT2D eigenvalue weighted by atomic mass is 32.2. The zero-order valence-electron chi connectivity index (χ0n) is 11.5. The summed E-state index contributed by atoms with van der Waals surface area (Å²) in [6.45, 7) is 5.60. The topological polar surface area (TPSA) is 50.3 Å². The van der Waals surface area contributed by atoms with E-state index in [1.807, 2.05) is 11.8 Å². The van der Waals surface area contributed by atoms with Crippen LogP contribution in [0.5, 0.6) is 0 Å². The molecule has 1 N–H and O–H groups in total. The van der Waals surface area contributed by atoms with Gasteiger partial charge in [0.05, 0.1) is 12.3 Å². The van der Waals surface area contributed by atoms with E-state index in [0.717, 1.165) is 49.4 Å². The van der Waals surface area contributed by atoms with Crippen molar-refractivity contribution in [2.75, 3.05) is 38.6 Å². The number of ether oxygens (including phenoxy) is 1. The molecule has 0 bridgehead atoms. The van der Waals surface area contributed by atoms with Crippen molar-refractivity contribution in [3.63, 3.8) is 0 Å². The highest BCUT2D eigenvalue weighted by Gasteiger charge is 2.26. The van der Waals surface area contributed by atoms with E-state index in [0.29, 0.717) is 0 Å². The molecule has 2 aliphatic heterocycles. The summed E-state index contributed by atoms with van der Waals surface area (Å²) in [7, 11) is 2.12. The third kappa shape index (κ3) is 2.70. The monoisotopic (exact) mass is 280 g/mol. The van der Waals surface area contributed by atoms with E-state index in [-0.39, 0.29) is 6.10 Å². The molecule has 2 aliphatic rings. The Kier molecular flexibility index (Phi) is 3.91. The van der Waals surface area contributed by atoms with Gasteiger partial charge in [-0.05, 0) is 14.0 Å². The van der Waals surface area contributed by atoms with Crippen LogP contribution in [-0.2, 0) is 16.2 Å². The van der Waals surface area contributed by atoms with Crippen molar-refractivity contribution < 1.29 is 4.74 Å². The number of anilines is 1. The molecule has 19 heavy (non-hydrogen) atoms. The average Bonchev–Trinajstić information content (AvgIpc) is 2.87. The van der Waals surface area contributed by atoms with Gasteiger partial charge < -0.3 is 15.0 Å². The smallest absolute Gasteiger partial charge is 0.161 e. The molecule has 5 nitrogen and oxygen atoms in total. The van der Waals surface area contributed by atoms with Gasteiger partial charge in [0, 0.05) is 36.7 Å². The summed E-state index contributed by atoms with van der Waals surface area (Å²) >= 11 is 1.91. The summed E-state index contributed by atoms with van der Waals surface area (Å²) in [6, 6.07) is 0. The van der Waals surface area contributed by atoms with Gasteiger partial charge in [-0.25, -0.2) is 9.97 Å². The standard InChI is InChI=1S/C13H20N4OS/c1-3-14-12-9-7-19-8-10(9)15-13(16-12)11-6-17(2)4-5-18-11/h11H,3-8H2,1-2H3,(H,14,15,16). The lowest BCUT2D eigenvalue weighted by Crippen LogP contribution is -2.36. The van der Waals surface area contributed by atoms with Crippen molar-refractivity contribution in [1.29, 1.82) is 0 Å². The fraction of sp³-hybridized carbons (Fsp3) is 0.692. The van der Waals surface area contributed by atoms with Gasteiger partial charge in [-0.1, -0.05) is 0 Å². The summed E-state index contributed by atoms with van der Waals surface area (Å²) in [6.07, 6.45) is 0.00653. The minimum absolute atomic E-state index is 0.00653. The first kappa shape index (κ1) is 13.1. The Labute approximate surface area is 118 Å². The summed E-state index contributed by atoms with van der Waals surface area (Å²) in [4.78, 5) is 11.7. The Balaban J connectivity index is 1.91. The molecule has 3 rings (SSSR count). The SMILES string of the molecule is CCNc1nc(C2CN(C)CCO2)nc2c1CSC2. The molecular weight excluding hydrogens is 260 g/mol. The van der Waals surface area contributed by atoms with Gasteiger partial charge in [-0.2, -0.15) is 11.8 Å². The molecule has 3 heterocycles. The van der Waals surface area contributed by atoms with E-state index < -0.39 is 0 Å². The van der Waals surface area contributed by atoms with E-state index in [2.05, 4.69) is 24.2 Å². The van der Waals surface area contributed by atoms with Crippen molar-refractivity contribution in [3.05, 3.63) is 17.1 Å². The Morgan fingerprint density at radius 2 is 2.32 bits per heavy atom. The molecule has 1 aromatic heterocycles. The predicted octanol–water partition coefficient (Wildman–Crippen LogP) is 1.66. The molecule has 0 saturated carbocycles. The molecule has 1 fully saturated rings. The Morgan fingerprint density at radius 3 is 3.11 bits per heavy atom. The van der Waals surface area contributed by atoms with Gasteiger partial charge in [-0.15, -0.1) is 0 Å². The van der Waals surface area contributed by atoms with Gasteiger partial charge in [0.2, 0.25) is 0 Å².